The highest BCUT2D eigenvalue weighted by atomic mass is 32.3. The highest BCUT2D eigenvalue weighted by molar-refractivity contribution is 7.94. The standard InChI is InChI=1S/C9H12O9S3/c1-7-8(19-18-17-10)3-2-4-9(7)20(11,12)6-5-16-21(13,14)15/h2-4,10H,5-6H2,1H3,(H,13,14,15). The molecule has 0 radical (unpaired) electrons. The third kappa shape index (κ3) is 5.88. The van der Waals surface area contributed by atoms with Crippen molar-refractivity contribution < 1.29 is 40.2 Å². The van der Waals surface area contributed by atoms with Crippen molar-refractivity contribution in [3.05, 3.63) is 23.8 Å². The first-order valence-electron chi connectivity index (χ1n) is 5.26. The van der Waals surface area contributed by atoms with Gasteiger partial charge in [-0.05, 0) is 24.6 Å². The van der Waals surface area contributed by atoms with Crippen molar-refractivity contribution in [1.29, 1.82) is 0 Å². The molecule has 0 fully saturated rings. The lowest BCUT2D eigenvalue weighted by Crippen LogP contribution is -2.16. The zero-order chi connectivity index (χ0) is 16.1. The molecule has 0 heterocycles. The third-order valence-corrected chi connectivity index (χ3v) is 5.34. The van der Waals surface area contributed by atoms with Crippen molar-refractivity contribution in [3.63, 3.8) is 0 Å². The topological polar surface area (TPSA) is 136 Å². The van der Waals surface area contributed by atoms with Crippen LogP contribution in [0.5, 0.6) is 0 Å². The van der Waals surface area contributed by atoms with Crippen LogP contribution in [0.1, 0.15) is 5.56 Å². The predicted molar refractivity (Wildman–Crippen MR) is 71.4 cm³/mol. The van der Waals surface area contributed by atoms with E-state index in [9.17, 15) is 16.8 Å². The lowest BCUT2D eigenvalue weighted by Gasteiger charge is -2.10. The highest BCUT2D eigenvalue weighted by Crippen LogP contribution is 2.28. The maximum atomic E-state index is 12.1. The summed E-state index contributed by atoms with van der Waals surface area (Å²) >= 11 is 0.602. The van der Waals surface area contributed by atoms with Gasteiger partial charge in [0.15, 0.2) is 9.84 Å². The van der Waals surface area contributed by atoms with Crippen molar-refractivity contribution >= 4 is 32.3 Å². The van der Waals surface area contributed by atoms with Gasteiger partial charge in [0.05, 0.1) is 29.3 Å². The molecule has 0 saturated heterocycles. The van der Waals surface area contributed by atoms with Crippen molar-refractivity contribution in [2.75, 3.05) is 12.4 Å². The van der Waals surface area contributed by atoms with E-state index in [1.54, 1.807) is 0 Å². The summed E-state index contributed by atoms with van der Waals surface area (Å²) in [5.74, 6) is -0.640. The average Bonchev–Trinajstić information content (AvgIpc) is 2.35. The highest BCUT2D eigenvalue weighted by Gasteiger charge is 2.20. The van der Waals surface area contributed by atoms with Gasteiger partial charge in [0.2, 0.25) is 0 Å². The summed E-state index contributed by atoms with van der Waals surface area (Å²) in [5.41, 5.74) is 0.325. The van der Waals surface area contributed by atoms with Crippen LogP contribution in [-0.2, 0) is 33.8 Å². The molecule has 0 spiro atoms. The quantitative estimate of drug-likeness (QED) is 0.299. The van der Waals surface area contributed by atoms with Gasteiger partial charge in [-0.25, -0.2) is 17.9 Å². The van der Waals surface area contributed by atoms with E-state index in [1.807, 2.05) is 0 Å². The minimum atomic E-state index is -4.69. The van der Waals surface area contributed by atoms with E-state index >= 15 is 0 Å². The zero-order valence-electron chi connectivity index (χ0n) is 10.6. The summed E-state index contributed by atoms with van der Waals surface area (Å²) in [6.07, 6.45) is 0. The molecule has 1 aromatic rings. The molecule has 0 aliphatic carbocycles. The molecule has 0 aliphatic rings. The first kappa shape index (κ1) is 18.3. The van der Waals surface area contributed by atoms with E-state index < -0.39 is 32.6 Å². The molecule has 0 amide bonds. The molecule has 2 N–H and O–H groups in total. The lowest BCUT2D eigenvalue weighted by molar-refractivity contribution is -0.432. The molecular formula is C9H12O9S3. The van der Waals surface area contributed by atoms with Crippen molar-refractivity contribution in [1.82, 2.24) is 0 Å². The molecule has 0 atom stereocenters. The molecule has 0 bridgehead atoms. The second-order valence-electron chi connectivity index (χ2n) is 3.67. The van der Waals surface area contributed by atoms with Crippen molar-refractivity contribution in [2.45, 2.75) is 16.7 Å². The van der Waals surface area contributed by atoms with Crippen molar-refractivity contribution in [3.8, 4) is 0 Å². The number of benzene rings is 1. The van der Waals surface area contributed by atoms with Crippen LogP contribution in [0, 0.1) is 6.92 Å². The molecule has 1 aromatic carbocycles. The molecule has 0 unspecified atom stereocenters. The van der Waals surface area contributed by atoms with Crippen molar-refractivity contribution in [2.24, 2.45) is 0 Å². The molecule has 1 rings (SSSR count). The Bertz CT molecular complexity index is 680. The van der Waals surface area contributed by atoms with Crippen LogP contribution in [0.25, 0.3) is 0 Å². The van der Waals surface area contributed by atoms with Gasteiger partial charge in [0.25, 0.3) is 0 Å². The van der Waals surface area contributed by atoms with Crippen LogP contribution < -0.4 is 0 Å². The predicted octanol–water partition coefficient (Wildman–Crippen LogP) is 1.02. The first-order valence-corrected chi connectivity index (χ1v) is 9.02. The van der Waals surface area contributed by atoms with E-state index in [4.69, 9.17) is 9.81 Å². The Morgan fingerprint density at radius 3 is 2.48 bits per heavy atom. The zero-order valence-corrected chi connectivity index (χ0v) is 13.1. The molecule has 21 heavy (non-hydrogen) atoms. The smallest absolute Gasteiger partial charge is 0.264 e. The Morgan fingerprint density at radius 2 is 1.90 bits per heavy atom. The summed E-state index contributed by atoms with van der Waals surface area (Å²) in [5, 5.41) is 11.5. The number of hydrogen-bond acceptors (Lipinski definition) is 9. The van der Waals surface area contributed by atoms with E-state index in [-0.39, 0.29) is 4.90 Å². The fraction of sp³-hybridized carbons (Fsp3) is 0.333. The average molecular weight is 360 g/mol. The van der Waals surface area contributed by atoms with Crippen LogP contribution in [-0.4, -0.2) is 39.0 Å². The SMILES string of the molecule is Cc1c(SOOO)cccc1S(=O)(=O)CCOS(=O)(=O)O. The number of sulfone groups is 1. The summed E-state index contributed by atoms with van der Waals surface area (Å²) in [6, 6.07) is 4.29. The number of hydrogen-bond donors (Lipinski definition) is 2. The van der Waals surface area contributed by atoms with Gasteiger partial charge >= 0.3 is 10.4 Å². The van der Waals surface area contributed by atoms with E-state index in [0.717, 1.165) is 0 Å². The minimum Gasteiger partial charge on any atom is -0.264 e. The Kier molecular flexibility index (Phi) is 6.55. The second kappa shape index (κ2) is 7.51. The van der Waals surface area contributed by atoms with E-state index in [1.165, 1.54) is 25.1 Å². The first-order chi connectivity index (χ1) is 9.67. The molecule has 0 aliphatic heterocycles. The van der Waals surface area contributed by atoms with Gasteiger partial charge in [-0.1, -0.05) is 11.1 Å². The fourth-order valence-electron chi connectivity index (χ4n) is 1.43. The van der Waals surface area contributed by atoms with E-state index in [0.29, 0.717) is 22.5 Å². The third-order valence-electron chi connectivity index (χ3n) is 2.31. The summed E-state index contributed by atoms with van der Waals surface area (Å²) in [7, 11) is -8.53. The minimum absolute atomic E-state index is 0.0621. The monoisotopic (exact) mass is 360 g/mol. The Balaban J connectivity index is 2.93. The Hall–Kier alpha value is -0.730. The molecule has 0 aromatic heterocycles. The van der Waals surface area contributed by atoms with Gasteiger partial charge < -0.3 is 0 Å². The molecule has 120 valence electrons. The van der Waals surface area contributed by atoms with Crippen LogP contribution >= 0.6 is 12.0 Å². The fourth-order valence-corrected chi connectivity index (χ4v) is 3.75. The Morgan fingerprint density at radius 1 is 1.24 bits per heavy atom. The van der Waals surface area contributed by atoms with Gasteiger partial charge in [0.1, 0.15) is 0 Å². The van der Waals surface area contributed by atoms with E-state index in [2.05, 4.69) is 13.6 Å². The summed E-state index contributed by atoms with van der Waals surface area (Å²) in [6.45, 7) is 0.786. The normalized spacial score (nSPS) is 12.5. The van der Waals surface area contributed by atoms with Crippen LogP contribution in [0.15, 0.2) is 28.0 Å². The van der Waals surface area contributed by atoms with Gasteiger partial charge in [-0.3, -0.25) is 4.55 Å². The van der Waals surface area contributed by atoms with Crippen LogP contribution in [0.3, 0.4) is 0 Å². The lowest BCUT2D eigenvalue weighted by atomic mass is 10.2. The largest absolute Gasteiger partial charge is 0.397 e. The maximum absolute atomic E-state index is 12.1. The maximum Gasteiger partial charge on any atom is 0.397 e. The van der Waals surface area contributed by atoms with Gasteiger partial charge in [-0.15, -0.1) is 4.33 Å². The molecule has 9 nitrogen and oxygen atoms in total. The summed E-state index contributed by atoms with van der Waals surface area (Å²) in [4.78, 5) is 0.314. The second-order valence-corrected chi connectivity index (χ2v) is 7.59. The molecular weight excluding hydrogens is 348 g/mol. The molecule has 0 saturated carbocycles. The van der Waals surface area contributed by atoms with Gasteiger partial charge in [-0.2, -0.15) is 8.42 Å². The number of rotatable bonds is 8. The van der Waals surface area contributed by atoms with Gasteiger partial charge in [0, 0.05) is 4.90 Å². The Labute approximate surface area is 125 Å². The van der Waals surface area contributed by atoms with Crippen LogP contribution in [0.2, 0.25) is 0 Å². The molecule has 12 heteroatoms. The summed E-state index contributed by atoms with van der Waals surface area (Å²) < 4.78 is 61.5. The van der Waals surface area contributed by atoms with Crippen LogP contribution in [0.4, 0.5) is 0 Å².